The van der Waals surface area contributed by atoms with E-state index in [4.69, 9.17) is 0 Å². The van der Waals surface area contributed by atoms with Gasteiger partial charge in [0.15, 0.2) is 0 Å². The van der Waals surface area contributed by atoms with Crippen molar-refractivity contribution in [3.8, 4) is 0 Å². The lowest BCUT2D eigenvalue weighted by atomic mass is 9.64. The molecule has 1 N–H and O–H groups in total. The summed E-state index contributed by atoms with van der Waals surface area (Å²) in [7, 11) is 1.85. The van der Waals surface area contributed by atoms with Crippen LogP contribution in [0.5, 0.6) is 0 Å². The van der Waals surface area contributed by atoms with Gasteiger partial charge in [0, 0.05) is 6.54 Å². The molecule has 1 aliphatic heterocycles. The molecule has 3 rings (SSSR count). The van der Waals surface area contributed by atoms with Gasteiger partial charge in [0.1, 0.15) is 11.4 Å². The lowest BCUT2D eigenvalue weighted by Gasteiger charge is -2.43. The molecule has 1 heterocycles. The number of hydrogen-bond acceptors (Lipinski definition) is 3. The van der Waals surface area contributed by atoms with Crippen LogP contribution in [-0.2, 0) is 11.3 Å². The quantitative estimate of drug-likeness (QED) is 0.837. The van der Waals surface area contributed by atoms with Gasteiger partial charge >= 0.3 is 6.03 Å². The summed E-state index contributed by atoms with van der Waals surface area (Å²) in [6, 6.07) is 5.94. The van der Waals surface area contributed by atoms with Gasteiger partial charge in [0.05, 0.1) is 6.67 Å². The van der Waals surface area contributed by atoms with E-state index in [1.54, 1.807) is 12.1 Å². The van der Waals surface area contributed by atoms with E-state index in [1.165, 1.54) is 17.0 Å². The topological polar surface area (TPSA) is 52.7 Å². The van der Waals surface area contributed by atoms with Gasteiger partial charge in [-0.25, -0.2) is 14.1 Å². The number of carbonyl (C=O) groups is 2. The number of carbonyl (C=O) groups excluding carboxylic acids is 2. The zero-order chi connectivity index (χ0) is 19.1. The van der Waals surface area contributed by atoms with E-state index in [-0.39, 0.29) is 29.8 Å². The fourth-order valence-corrected chi connectivity index (χ4v) is 4.83. The number of halogens is 1. The molecule has 1 spiro atoms. The summed E-state index contributed by atoms with van der Waals surface area (Å²) in [4.78, 5) is 28.9. The van der Waals surface area contributed by atoms with Crippen LogP contribution >= 0.6 is 0 Å². The molecule has 142 valence electrons. The van der Waals surface area contributed by atoms with E-state index in [1.807, 2.05) is 11.9 Å². The van der Waals surface area contributed by atoms with E-state index in [0.717, 1.165) is 12.0 Å². The first kappa shape index (κ1) is 18.8. The summed E-state index contributed by atoms with van der Waals surface area (Å²) < 4.78 is 13.0. The number of urea groups is 1. The Labute approximate surface area is 154 Å². The maximum absolute atomic E-state index is 13.1. The van der Waals surface area contributed by atoms with Crippen LogP contribution in [0, 0.1) is 17.2 Å². The van der Waals surface area contributed by atoms with Crippen molar-refractivity contribution < 1.29 is 14.0 Å². The van der Waals surface area contributed by atoms with Crippen LogP contribution in [0.25, 0.3) is 0 Å². The molecular weight excluding hydrogens is 333 g/mol. The highest BCUT2D eigenvalue weighted by Crippen LogP contribution is 2.46. The molecule has 1 aromatic carbocycles. The Hall–Kier alpha value is -1.95. The van der Waals surface area contributed by atoms with Crippen LogP contribution in [0.15, 0.2) is 24.3 Å². The van der Waals surface area contributed by atoms with Crippen molar-refractivity contribution in [2.75, 3.05) is 13.7 Å². The van der Waals surface area contributed by atoms with E-state index in [9.17, 15) is 14.0 Å². The number of amides is 3. The summed E-state index contributed by atoms with van der Waals surface area (Å²) >= 11 is 0. The number of nitrogens with one attached hydrogen (secondary N) is 1. The van der Waals surface area contributed by atoms with E-state index < -0.39 is 5.54 Å². The normalized spacial score (nSPS) is 28.1. The Bertz CT molecular complexity index is 704. The molecule has 6 heteroatoms. The standard InChI is InChI=1S/C20H28FN3O2/c1-14-9-19(2,3)12-20(10-14)17(25)24(18(26)22-20)13-23(4)11-15-5-7-16(21)8-6-15/h5-8,14H,9-13H2,1-4H3,(H,22,26)/t14-,20-/m0/s1. The highest BCUT2D eigenvalue weighted by Gasteiger charge is 2.56. The number of hydrogen-bond donors (Lipinski definition) is 1. The third kappa shape index (κ3) is 3.75. The van der Waals surface area contributed by atoms with Crippen LogP contribution in [0.3, 0.4) is 0 Å². The van der Waals surface area contributed by atoms with Gasteiger partial charge in [-0.1, -0.05) is 32.9 Å². The SMILES string of the molecule is C[C@H]1CC(C)(C)C[C@]2(C1)NC(=O)N(CN(C)Cc1ccc(F)cc1)C2=O. The predicted octanol–water partition coefficient (Wildman–Crippen LogP) is 3.35. The third-order valence-corrected chi connectivity index (χ3v) is 5.37. The Morgan fingerprint density at radius 3 is 2.50 bits per heavy atom. The summed E-state index contributed by atoms with van der Waals surface area (Å²) in [5, 5.41) is 2.99. The second kappa shape index (κ2) is 6.65. The molecule has 1 aliphatic carbocycles. The van der Waals surface area contributed by atoms with Gasteiger partial charge in [0.2, 0.25) is 0 Å². The average Bonchev–Trinajstić information content (AvgIpc) is 2.71. The smallest absolute Gasteiger partial charge is 0.323 e. The predicted molar refractivity (Wildman–Crippen MR) is 97.6 cm³/mol. The summed E-state index contributed by atoms with van der Waals surface area (Å²) in [6.07, 6.45) is 2.43. The first-order valence-electron chi connectivity index (χ1n) is 9.17. The van der Waals surface area contributed by atoms with Crippen LogP contribution in [0.1, 0.15) is 45.6 Å². The van der Waals surface area contributed by atoms with Crippen molar-refractivity contribution in [3.05, 3.63) is 35.6 Å². The van der Waals surface area contributed by atoms with Gasteiger partial charge in [-0.15, -0.1) is 0 Å². The molecule has 0 unspecified atom stereocenters. The monoisotopic (exact) mass is 361 g/mol. The van der Waals surface area contributed by atoms with Gasteiger partial charge in [-0.2, -0.15) is 0 Å². The van der Waals surface area contributed by atoms with Crippen molar-refractivity contribution in [2.24, 2.45) is 11.3 Å². The van der Waals surface area contributed by atoms with Crippen molar-refractivity contribution >= 4 is 11.9 Å². The molecule has 2 atom stereocenters. The van der Waals surface area contributed by atoms with E-state index in [2.05, 4.69) is 26.1 Å². The van der Waals surface area contributed by atoms with Gasteiger partial charge < -0.3 is 5.32 Å². The minimum absolute atomic E-state index is 0.0244. The second-order valence-corrected chi connectivity index (χ2v) is 8.88. The lowest BCUT2D eigenvalue weighted by molar-refractivity contribution is -0.136. The highest BCUT2D eigenvalue weighted by molar-refractivity contribution is 6.07. The molecule has 1 aromatic rings. The molecule has 3 amide bonds. The highest BCUT2D eigenvalue weighted by atomic mass is 19.1. The van der Waals surface area contributed by atoms with Crippen molar-refractivity contribution in [1.29, 1.82) is 0 Å². The molecule has 2 aliphatic rings. The van der Waals surface area contributed by atoms with Gasteiger partial charge in [-0.3, -0.25) is 9.69 Å². The van der Waals surface area contributed by atoms with Crippen LogP contribution in [0.4, 0.5) is 9.18 Å². The first-order chi connectivity index (χ1) is 12.1. The summed E-state index contributed by atoms with van der Waals surface area (Å²) in [5.41, 5.74) is 0.189. The fourth-order valence-electron chi connectivity index (χ4n) is 4.83. The molecule has 2 fully saturated rings. The largest absolute Gasteiger partial charge is 0.326 e. The summed E-state index contributed by atoms with van der Waals surface area (Å²) in [5.74, 6) is -0.00514. The molecule has 1 saturated heterocycles. The number of rotatable bonds is 4. The molecular formula is C20H28FN3O2. The minimum Gasteiger partial charge on any atom is -0.323 e. The maximum atomic E-state index is 13.1. The zero-order valence-electron chi connectivity index (χ0n) is 16.0. The number of benzene rings is 1. The lowest BCUT2D eigenvalue weighted by Crippen LogP contribution is -2.54. The Morgan fingerprint density at radius 2 is 1.88 bits per heavy atom. The van der Waals surface area contributed by atoms with Gasteiger partial charge in [0.25, 0.3) is 5.91 Å². The third-order valence-electron chi connectivity index (χ3n) is 5.37. The van der Waals surface area contributed by atoms with Crippen molar-refractivity contribution in [1.82, 2.24) is 15.1 Å². The van der Waals surface area contributed by atoms with E-state index in [0.29, 0.717) is 25.3 Å². The molecule has 0 radical (unpaired) electrons. The molecule has 1 saturated carbocycles. The Morgan fingerprint density at radius 1 is 1.23 bits per heavy atom. The second-order valence-electron chi connectivity index (χ2n) is 8.88. The molecule has 5 nitrogen and oxygen atoms in total. The fraction of sp³-hybridized carbons (Fsp3) is 0.600. The minimum atomic E-state index is -0.769. The zero-order valence-corrected chi connectivity index (χ0v) is 16.0. The Kier molecular flexibility index (Phi) is 4.82. The Balaban J connectivity index is 1.70. The maximum Gasteiger partial charge on any atom is 0.326 e. The first-order valence-corrected chi connectivity index (χ1v) is 9.17. The van der Waals surface area contributed by atoms with Crippen LogP contribution < -0.4 is 5.32 Å². The molecule has 0 aromatic heterocycles. The van der Waals surface area contributed by atoms with Gasteiger partial charge in [-0.05, 0) is 55.3 Å². The average molecular weight is 361 g/mol. The van der Waals surface area contributed by atoms with Crippen LogP contribution in [-0.4, -0.2) is 41.0 Å². The molecule has 0 bridgehead atoms. The van der Waals surface area contributed by atoms with Crippen molar-refractivity contribution in [2.45, 2.75) is 52.1 Å². The summed E-state index contributed by atoms with van der Waals surface area (Å²) in [6.45, 7) is 7.22. The van der Waals surface area contributed by atoms with Crippen LogP contribution in [0.2, 0.25) is 0 Å². The van der Waals surface area contributed by atoms with E-state index >= 15 is 0 Å². The molecule has 26 heavy (non-hydrogen) atoms. The number of nitrogens with zero attached hydrogens (tertiary/aromatic N) is 2. The number of imide groups is 1. The van der Waals surface area contributed by atoms with Crippen molar-refractivity contribution in [3.63, 3.8) is 0 Å².